The molecule has 6 rings (SSSR count). The monoisotopic (exact) mass is 986 g/mol. The van der Waals surface area contributed by atoms with Gasteiger partial charge in [0.1, 0.15) is 30.0 Å². The van der Waals surface area contributed by atoms with Gasteiger partial charge in [-0.15, -0.1) is 11.3 Å². The van der Waals surface area contributed by atoms with Gasteiger partial charge in [0.2, 0.25) is 17.7 Å². The van der Waals surface area contributed by atoms with Gasteiger partial charge in [0.25, 0.3) is 5.91 Å². The Morgan fingerprint density at radius 1 is 0.972 bits per heavy atom. The summed E-state index contributed by atoms with van der Waals surface area (Å²) >= 11 is 1.57. The normalized spacial score (nSPS) is 20.8. The molecule has 1 aromatic heterocycles. The van der Waals surface area contributed by atoms with E-state index < -0.39 is 45.7 Å². The molecule has 1 aliphatic carbocycles. The first-order valence-corrected chi connectivity index (χ1v) is 25.1. The fourth-order valence-electron chi connectivity index (χ4n) is 10.4. The summed E-state index contributed by atoms with van der Waals surface area (Å²) in [6, 6.07) is 21.0. The first-order valence-electron chi connectivity index (χ1n) is 24.3. The molecule has 4 aromatic rings. The Morgan fingerprint density at radius 2 is 1.65 bits per heavy atom. The molecule has 2 aliphatic rings. The molecular weight excluding hydrogens is 917 g/mol. The van der Waals surface area contributed by atoms with E-state index in [4.69, 9.17) is 14.3 Å². The zero-order valence-electron chi connectivity index (χ0n) is 43.3. The molecule has 1 saturated carbocycles. The topological polar surface area (TPSA) is 183 Å². The molecule has 71 heavy (non-hydrogen) atoms. The van der Waals surface area contributed by atoms with Crippen molar-refractivity contribution in [1.29, 1.82) is 5.26 Å². The zero-order valence-corrected chi connectivity index (χ0v) is 44.1. The quantitative estimate of drug-likeness (QED) is 0.0527. The maximum atomic E-state index is 14.3. The van der Waals surface area contributed by atoms with Gasteiger partial charge in [-0.05, 0) is 105 Å². The van der Waals surface area contributed by atoms with E-state index in [9.17, 15) is 29.5 Å². The molecule has 2 fully saturated rings. The first-order chi connectivity index (χ1) is 33.4. The fraction of sp³-hybridized carbons (Fsp3) is 0.500. The smallest absolute Gasteiger partial charge is 0.277 e. The van der Waals surface area contributed by atoms with Crippen molar-refractivity contribution in [3.05, 3.63) is 106 Å². The SMILES string of the molecule is CON(C(=O)c1ccc(C#CCCCCOCC(=O)N[C@H](C(=O)N2C[C@H](O)C[C@]2(C)C(=O)N[C@@H](C)c2ccc(-c3scnc3C)cc2)C(C)(C)C)cc1)C1C(C)(C)C(Oc2ccc(C#N)c(C)c2)C1(C)C. The number of nitrogens with zero attached hydrogens (tertiary/aromatic N) is 4. The summed E-state index contributed by atoms with van der Waals surface area (Å²) in [4.78, 5) is 67.9. The summed E-state index contributed by atoms with van der Waals surface area (Å²) in [6.45, 7) is 21.2. The average Bonchev–Trinajstić information content (AvgIpc) is 3.90. The number of aliphatic hydroxyl groups excluding tert-OH is 1. The van der Waals surface area contributed by atoms with E-state index in [1.807, 2.05) is 89.5 Å². The van der Waals surface area contributed by atoms with Gasteiger partial charge in [-0.3, -0.25) is 24.0 Å². The van der Waals surface area contributed by atoms with Crippen molar-refractivity contribution in [1.82, 2.24) is 25.6 Å². The number of hydroxylamine groups is 2. The van der Waals surface area contributed by atoms with E-state index in [0.29, 0.717) is 36.3 Å². The van der Waals surface area contributed by atoms with Crippen LogP contribution in [0, 0.1) is 53.3 Å². The number of hydrogen-bond acceptors (Lipinski definition) is 11. The van der Waals surface area contributed by atoms with Crippen LogP contribution in [0.25, 0.3) is 10.4 Å². The van der Waals surface area contributed by atoms with Crippen molar-refractivity contribution < 1.29 is 38.6 Å². The lowest BCUT2D eigenvalue weighted by Gasteiger charge is -2.64. The second-order valence-corrected chi connectivity index (χ2v) is 22.2. The van der Waals surface area contributed by atoms with Gasteiger partial charge >= 0.3 is 0 Å². The second kappa shape index (κ2) is 22.1. The summed E-state index contributed by atoms with van der Waals surface area (Å²) in [5, 5.41) is 27.5. The van der Waals surface area contributed by atoms with Gasteiger partial charge in [-0.25, -0.2) is 10.0 Å². The fourth-order valence-corrected chi connectivity index (χ4v) is 11.2. The van der Waals surface area contributed by atoms with Crippen LogP contribution < -0.4 is 15.4 Å². The van der Waals surface area contributed by atoms with Crippen molar-refractivity contribution in [3.8, 4) is 34.1 Å². The Bertz CT molecular complexity index is 2660. The molecule has 15 heteroatoms. The van der Waals surface area contributed by atoms with Gasteiger partial charge in [-0.2, -0.15) is 5.26 Å². The molecule has 4 atom stereocenters. The highest BCUT2D eigenvalue weighted by Crippen LogP contribution is 2.58. The van der Waals surface area contributed by atoms with Crippen molar-refractivity contribution in [2.75, 3.05) is 26.9 Å². The van der Waals surface area contributed by atoms with E-state index in [2.05, 4.69) is 61.2 Å². The molecule has 3 aromatic carbocycles. The highest BCUT2D eigenvalue weighted by atomic mass is 32.1. The number of β-amino-alcohol motifs (C(OH)–C–C–N with tert-alkyl or cyclic N) is 1. The number of thiazole rings is 1. The number of rotatable bonds is 17. The molecule has 4 amide bonds. The number of amides is 4. The summed E-state index contributed by atoms with van der Waals surface area (Å²) in [5.41, 5.74) is 4.39. The molecule has 378 valence electrons. The highest BCUT2D eigenvalue weighted by molar-refractivity contribution is 7.13. The number of benzene rings is 3. The van der Waals surface area contributed by atoms with Crippen LogP contribution in [0.4, 0.5) is 0 Å². The Labute approximate surface area is 423 Å². The largest absolute Gasteiger partial charge is 0.489 e. The first kappa shape index (κ1) is 54.2. The second-order valence-electron chi connectivity index (χ2n) is 21.4. The number of aliphatic hydroxyl groups is 1. The number of unbranched alkanes of at least 4 members (excludes halogenated alkanes) is 2. The van der Waals surface area contributed by atoms with Crippen LogP contribution in [0.3, 0.4) is 0 Å². The zero-order chi connectivity index (χ0) is 52.1. The lowest BCUT2D eigenvalue weighted by Crippen LogP contribution is -2.75. The molecule has 0 spiro atoms. The number of carbonyl (C=O) groups excluding carboxylic acids is 4. The Balaban J connectivity index is 0.946. The highest BCUT2D eigenvalue weighted by Gasteiger charge is 2.67. The third kappa shape index (κ3) is 12.0. The predicted octanol–water partition coefficient (Wildman–Crippen LogP) is 8.48. The maximum absolute atomic E-state index is 14.3. The molecule has 1 aliphatic heterocycles. The molecule has 14 nitrogen and oxygen atoms in total. The number of aromatic nitrogens is 1. The summed E-state index contributed by atoms with van der Waals surface area (Å²) in [5.74, 6) is 5.45. The van der Waals surface area contributed by atoms with Crippen LogP contribution in [-0.4, -0.2) is 100 Å². The summed E-state index contributed by atoms with van der Waals surface area (Å²) in [6.07, 6.45) is 0.895. The van der Waals surface area contributed by atoms with E-state index in [-0.39, 0.29) is 49.6 Å². The summed E-state index contributed by atoms with van der Waals surface area (Å²) < 4.78 is 12.2. The van der Waals surface area contributed by atoms with Crippen molar-refractivity contribution in [2.24, 2.45) is 16.2 Å². The maximum Gasteiger partial charge on any atom is 0.277 e. The van der Waals surface area contributed by atoms with Gasteiger partial charge < -0.3 is 30.1 Å². The van der Waals surface area contributed by atoms with Crippen LogP contribution in [0.1, 0.15) is 132 Å². The number of aryl methyl sites for hydroxylation is 2. The molecule has 0 bridgehead atoms. The van der Waals surface area contributed by atoms with Gasteiger partial charge in [0.15, 0.2) is 0 Å². The van der Waals surface area contributed by atoms with Crippen LogP contribution in [-0.2, 0) is 24.0 Å². The Hall–Kier alpha value is -6.10. The number of ether oxygens (including phenoxy) is 2. The molecular formula is C56H70N6O8S. The van der Waals surface area contributed by atoms with E-state index in [1.165, 1.54) is 17.1 Å². The lowest BCUT2D eigenvalue weighted by molar-refractivity contribution is -0.273. The van der Waals surface area contributed by atoms with Crippen molar-refractivity contribution in [3.63, 3.8) is 0 Å². The molecule has 2 heterocycles. The molecule has 1 saturated heterocycles. The third-order valence-electron chi connectivity index (χ3n) is 14.0. The van der Waals surface area contributed by atoms with E-state index in [1.54, 1.807) is 42.5 Å². The number of carbonyl (C=O) groups is 4. The minimum atomic E-state index is -1.35. The molecule has 3 N–H and O–H groups in total. The minimum absolute atomic E-state index is 0.0430. The van der Waals surface area contributed by atoms with Crippen LogP contribution in [0.15, 0.2) is 72.2 Å². The number of nitrogens with one attached hydrogen (secondary N) is 2. The Morgan fingerprint density at radius 3 is 2.24 bits per heavy atom. The third-order valence-corrected chi connectivity index (χ3v) is 14.9. The van der Waals surface area contributed by atoms with Gasteiger partial charge in [0.05, 0.1) is 53.0 Å². The molecule has 0 unspecified atom stereocenters. The van der Waals surface area contributed by atoms with E-state index in [0.717, 1.165) is 39.2 Å². The van der Waals surface area contributed by atoms with Crippen molar-refractivity contribution in [2.45, 2.75) is 138 Å². The number of nitriles is 1. The Kier molecular flexibility index (Phi) is 16.9. The molecule has 0 radical (unpaired) electrons. The van der Waals surface area contributed by atoms with Crippen LogP contribution >= 0.6 is 11.3 Å². The van der Waals surface area contributed by atoms with E-state index >= 15 is 0 Å². The van der Waals surface area contributed by atoms with Crippen LogP contribution in [0.2, 0.25) is 0 Å². The lowest BCUT2D eigenvalue weighted by atomic mass is 9.49. The predicted molar refractivity (Wildman–Crippen MR) is 274 cm³/mol. The number of hydrogen-bond donors (Lipinski definition) is 3. The minimum Gasteiger partial charge on any atom is -0.489 e. The summed E-state index contributed by atoms with van der Waals surface area (Å²) in [7, 11) is 1.50. The van der Waals surface area contributed by atoms with Crippen molar-refractivity contribution >= 4 is 35.0 Å². The number of likely N-dealkylation sites (tertiary alicyclic amines) is 1. The van der Waals surface area contributed by atoms with Gasteiger partial charge in [0, 0.05) is 48.0 Å². The average molecular weight is 987 g/mol. The standard InChI is InChI=1S/C56H70N6O8S/c1-35-29-44(27-26-42(35)31-57)70-51-54(7,8)50(55(51,9)10)62(68-12)48(65)41-20-18-38(19-21-41)17-15-13-14-16-28-69-33-45(64)60-47(53(4,5)6)49(66)61-32-43(63)30-56(61,11)52(67)59-36(2)39-22-24-40(25-23-39)46-37(3)58-34-71-46/h18-27,29,34,36,43,47,50-51,63H,13-14,16,28,30,32-33H2,1-12H3,(H,59,67)(H,60,64)/t36-,43+,47+,50?,51?,56+/m0/s1. The van der Waals surface area contributed by atoms with Crippen LogP contribution in [0.5, 0.6) is 5.75 Å². The van der Waals surface area contributed by atoms with Gasteiger partial charge in [-0.1, -0.05) is 84.6 Å².